The molecule has 7 fully saturated rings. The molecule has 24 nitrogen and oxygen atoms in total. The highest BCUT2D eigenvalue weighted by molar-refractivity contribution is 7.10. The maximum Gasteiger partial charge on any atom is 0.191 e. The maximum atomic E-state index is 13.7. The van der Waals surface area contributed by atoms with Gasteiger partial charge in [-0.15, -0.1) is 35.7 Å². The number of ether oxygens (including phenoxy) is 1. The lowest BCUT2D eigenvalue weighted by Crippen LogP contribution is -2.04. The van der Waals surface area contributed by atoms with Crippen LogP contribution in [0, 0.1) is 32.1 Å². The molecular weight excluding hydrogens is 2040 g/mol. The zero-order valence-electron chi connectivity index (χ0n) is 80.0. The topological polar surface area (TPSA) is 326 Å². The summed E-state index contributed by atoms with van der Waals surface area (Å²) in [6, 6.07) is 58.1. The number of halogens is 5. The van der Waals surface area contributed by atoms with Crippen molar-refractivity contribution in [2.24, 2.45) is 0 Å². The molecular formula is C110H101Cl3F2N16O8S7. The van der Waals surface area contributed by atoms with Crippen molar-refractivity contribution in [3.8, 4) is 11.5 Å². The number of pyridine rings is 1. The van der Waals surface area contributed by atoms with Crippen molar-refractivity contribution in [2.75, 3.05) is 0 Å². The largest absolute Gasteiger partial charge is 0.457 e. The number of rotatable bonds is 37. The van der Waals surface area contributed by atoms with E-state index in [1.165, 1.54) is 97.7 Å². The second-order valence-corrected chi connectivity index (χ2v) is 43.4. The van der Waals surface area contributed by atoms with Gasteiger partial charge in [0.1, 0.15) is 57.3 Å². The van der Waals surface area contributed by atoms with Gasteiger partial charge in [0.15, 0.2) is 46.2 Å². The molecule has 0 atom stereocenters. The quantitative estimate of drug-likeness (QED) is 0.0258. The second kappa shape index (κ2) is 50.9. The number of hydrogen-bond acceptors (Lipinski definition) is 30. The number of nitrogens with zero attached hydrogens (tertiary/aromatic N) is 16. The van der Waals surface area contributed by atoms with Crippen LogP contribution in [0.25, 0.3) is 15.6 Å². The Morgan fingerprint density at radius 3 is 1.05 bits per heavy atom. The molecule has 8 aromatic heterocycles. The van der Waals surface area contributed by atoms with Gasteiger partial charge in [0.05, 0.1) is 46.4 Å². The zero-order valence-corrected chi connectivity index (χ0v) is 88.0. The summed E-state index contributed by atoms with van der Waals surface area (Å²) >= 11 is 27.1. The molecule has 0 radical (unpaired) electrons. The molecule has 0 N–H and O–H groups in total. The number of carbonyl (C=O) groups is 7. The van der Waals surface area contributed by atoms with Crippen molar-refractivity contribution in [1.82, 2.24) is 72.1 Å². The summed E-state index contributed by atoms with van der Waals surface area (Å²) in [6.07, 6.45) is 24.1. The van der Waals surface area contributed by atoms with Crippen LogP contribution in [0.5, 0.6) is 11.5 Å². The molecule has 23 rings (SSSR count). The summed E-state index contributed by atoms with van der Waals surface area (Å²) < 4.78 is 60.6. The Kier molecular flexibility index (Phi) is 36.7. The van der Waals surface area contributed by atoms with E-state index in [0.717, 1.165) is 207 Å². The highest BCUT2D eigenvalue weighted by Crippen LogP contribution is 2.48. The van der Waals surface area contributed by atoms with E-state index in [0.29, 0.717) is 177 Å². The Labute approximate surface area is 887 Å². The molecule has 0 saturated heterocycles. The zero-order chi connectivity index (χ0) is 102. The summed E-state index contributed by atoms with van der Waals surface area (Å²) in [7, 11) is 0. The fourth-order valence-electron chi connectivity index (χ4n) is 16.7. The van der Waals surface area contributed by atoms with E-state index in [4.69, 9.17) is 46.1 Å². The monoisotopic (exact) mass is 2140 g/mol. The van der Waals surface area contributed by atoms with Crippen LogP contribution in [0.2, 0.25) is 15.1 Å². The molecule has 146 heavy (non-hydrogen) atoms. The number of hydrogen-bond donors (Lipinski definition) is 0. The van der Waals surface area contributed by atoms with Gasteiger partial charge in [0.25, 0.3) is 0 Å². The standard InChI is InChI=1S/C20H17ClN2O2S.C18H16N2OS.C15H12ClN3OS.C15H15ClN2OS.C15H15FN2OS.C14H13FN2OS.C13H13N3OS/c21-16-7-4-8-18(25-14-5-2-1-3-6-14)15(16)11-12-17(24)20-19(13-9-10-13)22-23-26-20;21-16(18-17(14-8-9-14)19-20-22-18)11-10-13-6-3-5-12-4-1-2-7-15(12)13;1-17-12-4-2-3-11(16)10(12)7-8-13(20)15-14(9-5-6-9)18-19-21-15;2*1-9-3-2-4-12(16)11(9)7-8-13(19)15-14(10-5-6-10)17-18-20-15;15-11-4-2-1-3-9(11)7-8-12(18)14-13(10-5-6-10)16-17-19-14;17-11(7-6-10-3-1-2-8-14-10)13-12(9-4-5-9)15-16-18-13/h1-8,13H,9-12H2;1-7,14H,8-11H2;2-4,9H,5-8H2;2*2-4,10H,5-8H2,1H3;1-4,10H,5-8H2;1-3,8-9H,4-7H2. The number of fused-ring (bicyclic) bond motifs is 1. The van der Waals surface area contributed by atoms with Crippen LogP contribution in [0.1, 0.15) is 334 Å². The third-order valence-corrected chi connectivity index (χ3v) is 32.4. The Bertz CT molecular complexity index is 7190. The third-order valence-electron chi connectivity index (χ3n) is 25.9. The summed E-state index contributed by atoms with van der Waals surface area (Å²) in [5.41, 5.74) is 14.8. The third kappa shape index (κ3) is 28.8. The Morgan fingerprint density at radius 1 is 0.322 bits per heavy atom. The van der Waals surface area contributed by atoms with E-state index in [1.807, 2.05) is 117 Å². The molecule has 8 aromatic carbocycles. The van der Waals surface area contributed by atoms with Gasteiger partial charge in [-0.05, 0) is 340 Å². The van der Waals surface area contributed by atoms with Crippen LogP contribution < -0.4 is 4.74 Å². The molecule has 16 aromatic rings. The number of aromatic nitrogens is 15. The van der Waals surface area contributed by atoms with Gasteiger partial charge in [0.2, 0.25) is 0 Å². The van der Waals surface area contributed by atoms with Crippen molar-refractivity contribution < 1.29 is 47.1 Å². The van der Waals surface area contributed by atoms with E-state index >= 15 is 0 Å². The number of aryl methyl sites for hydroxylation is 5. The molecule has 0 bridgehead atoms. The van der Waals surface area contributed by atoms with Crippen molar-refractivity contribution in [1.29, 1.82) is 0 Å². The Morgan fingerprint density at radius 2 is 0.637 bits per heavy atom. The van der Waals surface area contributed by atoms with Crippen molar-refractivity contribution >= 4 is 172 Å². The van der Waals surface area contributed by atoms with Gasteiger partial charge in [-0.25, -0.2) is 13.6 Å². The predicted molar refractivity (Wildman–Crippen MR) is 569 cm³/mol. The second-order valence-electron chi connectivity index (χ2n) is 36.9. The molecule has 7 saturated carbocycles. The molecule has 0 unspecified atom stereocenters. The number of Topliss-reactive ketones (excluding diaryl/α,β-unsaturated/α-hetero) is 7. The van der Waals surface area contributed by atoms with Gasteiger partial charge < -0.3 is 4.74 Å². The smallest absolute Gasteiger partial charge is 0.191 e. The van der Waals surface area contributed by atoms with Gasteiger partial charge in [-0.2, -0.15) is 0 Å². The maximum absolute atomic E-state index is 13.7. The summed E-state index contributed by atoms with van der Waals surface area (Å²) in [5.74, 6) is 4.71. The lowest BCUT2D eigenvalue weighted by Gasteiger charge is -2.12. The van der Waals surface area contributed by atoms with E-state index in [2.05, 4.69) is 107 Å². The van der Waals surface area contributed by atoms with Crippen molar-refractivity contribution in [3.63, 3.8) is 0 Å². The number of ketones is 7. The van der Waals surface area contributed by atoms with Crippen LogP contribution >= 0.6 is 116 Å². The first-order valence-corrected chi connectivity index (χ1v) is 55.4. The van der Waals surface area contributed by atoms with E-state index in [1.54, 1.807) is 48.7 Å². The molecule has 36 heteroatoms. The molecule has 7 aliphatic carbocycles. The fraction of sp³-hybridized carbons (Fsp3) is 0.336. The minimum Gasteiger partial charge on any atom is -0.457 e. The van der Waals surface area contributed by atoms with E-state index in [-0.39, 0.29) is 52.1 Å². The average Bonchev–Trinajstić information content (AvgIpc) is 1.69. The van der Waals surface area contributed by atoms with Crippen LogP contribution in [0.15, 0.2) is 194 Å². The van der Waals surface area contributed by atoms with Gasteiger partial charge in [-0.1, -0.05) is 194 Å². The molecule has 0 aliphatic heterocycles. The van der Waals surface area contributed by atoms with Gasteiger partial charge in [0, 0.05) is 119 Å². The normalized spacial score (nSPS) is 14.3. The Balaban J connectivity index is 0.000000117. The minimum atomic E-state index is -0.250. The number of para-hydroxylation sites is 1. The molecule has 8 heterocycles. The van der Waals surface area contributed by atoms with Crippen molar-refractivity contribution in [3.05, 3.63) is 357 Å². The number of carbonyl (C=O) groups excluding carboxylic acids is 7. The first-order chi connectivity index (χ1) is 71.2. The predicted octanol–water partition coefficient (Wildman–Crippen LogP) is 28.4. The average molecular weight is 2140 g/mol. The van der Waals surface area contributed by atoms with Crippen molar-refractivity contribution in [2.45, 2.75) is 235 Å². The van der Waals surface area contributed by atoms with E-state index < -0.39 is 0 Å². The van der Waals surface area contributed by atoms with Crippen LogP contribution in [-0.4, -0.2) is 113 Å². The highest BCUT2D eigenvalue weighted by Gasteiger charge is 2.38. The van der Waals surface area contributed by atoms with Crippen LogP contribution in [0.3, 0.4) is 0 Å². The summed E-state index contributed by atoms with van der Waals surface area (Å²) in [4.78, 5) is 99.1. The Hall–Kier alpha value is -12.2. The molecule has 7 aliphatic rings. The summed E-state index contributed by atoms with van der Waals surface area (Å²) in [6.45, 7) is 11.1. The molecule has 0 spiro atoms. The fourth-order valence-corrected chi connectivity index (χ4v) is 22.6. The van der Waals surface area contributed by atoms with Crippen LogP contribution in [0.4, 0.5) is 14.5 Å². The first-order valence-electron chi connectivity index (χ1n) is 48.9. The first kappa shape index (κ1) is 105. The molecule has 746 valence electrons. The van der Waals surface area contributed by atoms with Gasteiger partial charge >= 0.3 is 0 Å². The van der Waals surface area contributed by atoms with E-state index in [9.17, 15) is 42.3 Å². The van der Waals surface area contributed by atoms with Crippen LogP contribution in [-0.2, 0) is 44.9 Å². The SMILES string of the molecule is Cc1cccc(Cl)c1CCC(=O)c1snnc1C1CC1.Cc1cccc(F)c1CCC(=O)c1snnc1C1CC1.O=C(CCc1c(Cl)cccc1Oc1ccccc1)c1snnc1C1CC1.O=C(CCc1cccc2ccccc12)c1snnc1C1CC1.O=C(CCc1ccccc1F)c1snnc1C1CC1.O=C(CCc1ccccn1)c1snnc1C1CC1.[C-]#[N+]c1cccc(Cl)c1CCC(=O)c1snnc1C1CC1. The minimum absolute atomic E-state index is 0.0279. The highest BCUT2D eigenvalue weighted by atomic mass is 35.5. The summed E-state index contributed by atoms with van der Waals surface area (Å²) in [5, 5.41) is 33.0. The molecule has 0 amide bonds. The lowest BCUT2D eigenvalue weighted by atomic mass is 9.99. The number of benzene rings is 8. The lowest BCUT2D eigenvalue weighted by molar-refractivity contribution is 0.0977. The van der Waals surface area contributed by atoms with Gasteiger partial charge in [-0.3, -0.25) is 38.5 Å².